The average Bonchev–Trinajstić information content (AvgIpc) is 2.79. The highest BCUT2D eigenvalue weighted by Crippen LogP contribution is 2.33. The molecule has 0 atom stereocenters. The van der Waals surface area contributed by atoms with Gasteiger partial charge in [0.25, 0.3) is 0 Å². The van der Waals surface area contributed by atoms with Crippen molar-refractivity contribution in [2.75, 3.05) is 17.2 Å². The van der Waals surface area contributed by atoms with Crippen molar-refractivity contribution in [1.29, 1.82) is 0 Å². The summed E-state index contributed by atoms with van der Waals surface area (Å²) in [5.41, 5.74) is 9.90. The summed E-state index contributed by atoms with van der Waals surface area (Å²) in [4.78, 5) is 2.19. The van der Waals surface area contributed by atoms with Crippen LogP contribution in [0.5, 0.6) is 0 Å². The van der Waals surface area contributed by atoms with Crippen molar-refractivity contribution < 1.29 is 4.39 Å². The van der Waals surface area contributed by atoms with Crippen molar-refractivity contribution in [1.82, 2.24) is 0 Å². The van der Waals surface area contributed by atoms with E-state index in [2.05, 4.69) is 4.90 Å². The van der Waals surface area contributed by atoms with Crippen LogP contribution in [0.4, 0.5) is 15.8 Å². The lowest BCUT2D eigenvalue weighted by Gasteiger charge is -2.20. The molecule has 0 fully saturated rings. The second-order valence-corrected chi connectivity index (χ2v) is 5.16. The molecule has 0 radical (unpaired) electrons. The van der Waals surface area contributed by atoms with E-state index in [1.54, 1.807) is 6.07 Å². The lowest BCUT2D eigenvalue weighted by atomic mass is 10.1. The first-order chi connectivity index (χ1) is 9.15. The van der Waals surface area contributed by atoms with Crippen molar-refractivity contribution >= 4 is 23.0 Å². The van der Waals surface area contributed by atoms with Gasteiger partial charge < -0.3 is 10.6 Å². The van der Waals surface area contributed by atoms with Gasteiger partial charge in [0.2, 0.25) is 0 Å². The molecule has 0 bridgehead atoms. The van der Waals surface area contributed by atoms with Gasteiger partial charge in [-0.1, -0.05) is 17.7 Å². The number of anilines is 2. The molecule has 3 rings (SSSR count). The molecule has 0 aliphatic carbocycles. The van der Waals surface area contributed by atoms with Crippen molar-refractivity contribution in [3.8, 4) is 0 Å². The second-order valence-electron chi connectivity index (χ2n) is 4.75. The van der Waals surface area contributed by atoms with Crippen LogP contribution < -0.4 is 10.6 Å². The summed E-state index contributed by atoms with van der Waals surface area (Å²) in [7, 11) is 0. The number of hydrogen-bond donors (Lipinski definition) is 1. The number of nitrogens with two attached hydrogens (primary N) is 1. The van der Waals surface area contributed by atoms with Crippen LogP contribution in [0.2, 0.25) is 5.02 Å². The van der Waals surface area contributed by atoms with E-state index in [-0.39, 0.29) is 5.82 Å². The van der Waals surface area contributed by atoms with E-state index >= 15 is 0 Å². The minimum Gasteiger partial charge on any atom is -0.398 e. The minimum atomic E-state index is -0.258. The van der Waals surface area contributed by atoms with Gasteiger partial charge in [0.1, 0.15) is 5.82 Å². The van der Waals surface area contributed by atoms with E-state index in [0.717, 1.165) is 29.9 Å². The molecule has 1 aliphatic heterocycles. The zero-order valence-corrected chi connectivity index (χ0v) is 11.1. The number of fused-ring (bicyclic) bond motifs is 1. The Hall–Kier alpha value is -1.74. The van der Waals surface area contributed by atoms with Gasteiger partial charge in [-0.2, -0.15) is 0 Å². The third-order valence-electron chi connectivity index (χ3n) is 3.53. The number of benzene rings is 2. The van der Waals surface area contributed by atoms with Gasteiger partial charge in [-0.15, -0.1) is 0 Å². The first kappa shape index (κ1) is 12.3. The molecule has 0 spiro atoms. The van der Waals surface area contributed by atoms with E-state index in [4.69, 9.17) is 17.3 Å². The Morgan fingerprint density at radius 1 is 1.26 bits per heavy atom. The number of nitrogen functional groups attached to an aromatic ring is 1. The molecule has 4 heteroatoms. The molecule has 1 heterocycles. The summed E-state index contributed by atoms with van der Waals surface area (Å²) in [5.74, 6) is -0.258. The molecule has 0 saturated carbocycles. The smallest absolute Gasteiger partial charge is 0.123 e. The van der Waals surface area contributed by atoms with Crippen molar-refractivity contribution in [3.63, 3.8) is 0 Å². The van der Waals surface area contributed by atoms with Gasteiger partial charge >= 0.3 is 0 Å². The largest absolute Gasteiger partial charge is 0.398 e. The third-order valence-corrected chi connectivity index (χ3v) is 3.90. The Morgan fingerprint density at radius 2 is 2.11 bits per heavy atom. The molecule has 2 N–H and O–H groups in total. The Balaban J connectivity index is 1.91. The predicted molar refractivity (Wildman–Crippen MR) is 77.0 cm³/mol. The molecule has 0 unspecified atom stereocenters. The Kier molecular flexibility index (Phi) is 3.07. The molecule has 0 saturated heterocycles. The van der Waals surface area contributed by atoms with E-state index in [1.165, 1.54) is 17.7 Å². The fourth-order valence-corrected chi connectivity index (χ4v) is 2.74. The van der Waals surface area contributed by atoms with E-state index in [0.29, 0.717) is 11.6 Å². The van der Waals surface area contributed by atoms with Crippen LogP contribution in [0.25, 0.3) is 0 Å². The van der Waals surface area contributed by atoms with Gasteiger partial charge in [-0.05, 0) is 42.3 Å². The lowest BCUT2D eigenvalue weighted by Crippen LogP contribution is -2.19. The summed E-state index contributed by atoms with van der Waals surface area (Å²) >= 11 is 6.11. The number of hydrogen-bond acceptors (Lipinski definition) is 2. The number of rotatable bonds is 2. The minimum absolute atomic E-state index is 0.258. The molecule has 19 heavy (non-hydrogen) atoms. The number of nitrogens with zero attached hydrogens (tertiary/aromatic N) is 1. The second kappa shape index (κ2) is 4.74. The highest BCUT2D eigenvalue weighted by Gasteiger charge is 2.21. The molecule has 1 aliphatic rings. The molecule has 0 aromatic heterocycles. The summed E-state index contributed by atoms with van der Waals surface area (Å²) in [6.45, 7) is 1.49. The van der Waals surface area contributed by atoms with Crippen LogP contribution >= 0.6 is 11.6 Å². The fraction of sp³-hybridized carbons (Fsp3) is 0.200. The summed E-state index contributed by atoms with van der Waals surface area (Å²) in [6.07, 6.45) is 0.926. The zero-order chi connectivity index (χ0) is 13.4. The standard InChI is InChI=1S/C15H14ClFN2/c16-13-5-4-11(17)8-10(13)9-19-7-6-12-14(18)2-1-3-15(12)19/h1-5,8H,6-7,9,18H2. The van der Waals surface area contributed by atoms with Gasteiger partial charge in [0.05, 0.1) is 0 Å². The fourth-order valence-electron chi connectivity index (χ4n) is 2.56. The number of halogens is 2. The first-order valence-corrected chi connectivity index (χ1v) is 6.59. The molecule has 2 aromatic rings. The maximum absolute atomic E-state index is 13.3. The van der Waals surface area contributed by atoms with Crippen LogP contribution in [0.3, 0.4) is 0 Å². The van der Waals surface area contributed by atoms with Crippen molar-refractivity contribution in [2.24, 2.45) is 0 Å². The predicted octanol–water partition coefficient (Wildman–Crippen LogP) is 3.62. The van der Waals surface area contributed by atoms with Gasteiger partial charge in [0, 0.05) is 35.1 Å². The van der Waals surface area contributed by atoms with E-state index < -0.39 is 0 Å². The maximum Gasteiger partial charge on any atom is 0.123 e. The average molecular weight is 277 g/mol. The third kappa shape index (κ3) is 2.26. The highest BCUT2D eigenvalue weighted by molar-refractivity contribution is 6.31. The highest BCUT2D eigenvalue weighted by atomic mass is 35.5. The molecule has 2 aromatic carbocycles. The Labute approximate surface area is 116 Å². The Bertz CT molecular complexity index is 628. The van der Waals surface area contributed by atoms with E-state index in [1.807, 2.05) is 18.2 Å². The van der Waals surface area contributed by atoms with Crippen LogP contribution in [0, 0.1) is 5.82 Å². The van der Waals surface area contributed by atoms with Crippen LogP contribution in [0.1, 0.15) is 11.1 Å². The maximum atomic E-state index is 13.3. The molecule has 98 valence electrons. The van der Waals surface area contributed by atoms with Gasteiger partial charge in [0.15, 0.2) is 0 Å². The lowest BCUT2D eigenvalue weighted by molar-refractivity contribution is 0.624. The zero-order valence-electron chi connectivity index (χ0n) is 10.4. The van der Waals surface area contributed by atoms with Crippen molar-refractivity contribution in [2.45, 2.75) is 13.0 Å². The van der Waals surface area contributed by atoms with Crippen LogP contribution in [-0.4, -0.2) is 6.54 Å². The van der Waals surface area contributed by atoms with Crippen molar-refractivity contribution in [3.05, 3.63) is 58.4 Å². The Morgan fingerprint density at radius 3 is 2.95 bits per heavy atom. The molecular formula is C15H14ClFN2. The quantitative estimate of drug-likeness (QED) is 0.849. The van der Waals surface area contributed by atoms with Gasteiger partial charge in [-0.3, -0.25) is 0 Å². The molecule has 0 amide bonds. The van der Waals surface area contributed by atoms with E-state index in [9.17, 15) is 4.39 Å². The molecule has 2 nitrogen and oxygen atoms in total. The topological polar surface area (TPSA) is 29.3 Å². The summed E-state index contributed by atoms with van der Waals surface area (Å²) in [6, 6.07) is 10.4. The SMILES string of the molecule is Nc1cccc2c1CCN2Cc1cc(F)ccc1Cl. The van der Waals surface area contributed by atoms with Gasteiger partial charge in [-0.25, -0.2) is 4.39 Å². The van der Waals surface area contributed by atoms with Crippen LogP contribution in [-0.2, 0) is 13.0 Å². The molecular weight excluding hydrogens is 263 g/mol. The summed E-state index contributed by atoms with van der Waals surface area (Å²) in [5, 5.41) is 0.596. The summed E-state index contributed by atoms with van der Waals surface area (Å²) < 4.78 is 13.3. The monoisotopic (exact) mass is 276 g/mol. The normalized spacial score (nSPS) is 13.7. The van der Waals surface area contributed by atoms with Crippen LogP contribution in [0.15, 0.2) is 36.4 Å². The first-order valence-electron chi connectivity index (χ1n) is 6.21.